The molecule has 1 aliphatic rings. The Balaban J connectivity index is 2.11. The molecular formula is C10H9F3OS. The first kappa shape index (κ1) is 10.8. The number of halogens is 3. The molecule has 1 aromatic carbocycles. The van der Waals surface area contributed by atoms with Gasteiger partial charge in [0.25, 0.3) is 0 Å². The van der Waals surface area contributed by atoms with E-state index in [4.69, 9.17) is 4.74 Å². The summed E-state index contributed by atoms with van der Waals surface area (Å²) in [5.74, 6) is 0. The first-order valence-corrected chi connectivity index (χ1v) is 5.21. The average Bonchev–Trinajstić information content (AvgIpc) is 2.83. The fourth-order valence-electron chi connectivity index (χ4n) is 1.28. The molecule has 0 aromatic heterocycles. The lowest BCUT2D eigenvalue weighted by molar-refractivity contribution is -0.0328. The molecule has 2 rings (SSSR count). The van der Waals surface area contributed by atoms with Crippen LogP contribution in [0.4, 0.5) is 13.2 Å². The molecule has 1 nitrogen and oxygen atoms in total. The molecule has 5 heteroatoms. The predicted octanol–water partition coefficient (Wildman–Crippen LogP) is 3.54. The fourth-order valence-corrected chi connectivity index (χ4v) is 1.82. The van der Waals surface area contributed by atoms with Crippen molar-refractivity contribution in [1.29, 1.82) is 0 Å². The van der Waals surface area contributed by atoms with Crippen LogP contribution in [-0.4, -0.2) is 12.1 Å². The molecule has 1 aliphatic heterocycles. The summed E-state index contributed by atoms with van der Waals surface area (Å²) in [4.78, 5) is 0.204. The lowest BCUT2D eigenvalue weighted by atomic mass is 10.0. The smallest absolute Gasteiger partial charge is 0.365 e. The van der Waals surface area contributed by atoms with Gasteiger partial charge in [-0.15, -0.1) is 0 Å². The van der Waals surface area contributed by atoms with E-state index in [-0.39, 0.29) is 22.3 Å². The molecule has 0 saturated carbocycles. The van der Waals surface area contributed by atoms with Gasteiger partial charge in [-0.1, -0.05) is 12.1 Å². The topological polar surface area (TPSA) is 12.5 Å². The van der Waals surface area contributed by atoms with E-state index in [1.165, 1.54) is 12.1 Å². The number of hydrogen-bond acceptors (Lipinski definition) is 2. The first-order valence-electron chi connectivity index (χ1n) is 4.39. The summed E-state index contributed by atoms with van der Waals surface area (Å²) in [6.07, 6.45) is 0. The van der Waals surface area contributed by atoms with Crippen LogP contribution >= 0.6 is 11.8 Å². The van der Waals surface area contributed by atoms with Crippen molar-refractivity contribution in [3.63, 3.8) is 0 Å². The summed E-state index contributed by atoms with van der Waals surface area (Å²) in [5.41, 5.74) is -3.57. The minimum absolute atomic E-state index is 0.100. The molecule has 0 amide bonds. The zero-order valence-corrected chi connectivity index (χ0v) is 8.78. The lowest BCUT2D eigenvalue weighted by Gasteiger charge is -2.08. The number of rotatable bonds is 2. The van der Waals surface area contributed by atoms with Gasteiger partial charge in [-0.25, -0.2) is 0 Å². The third kappa shape index (κ3) is 2.66. The molecule has 82 valence electrons. The van der Waals surface area contributed by atoms with E-state index in [9.17, 15) is 13.2 Å². The fraction of sp³-hybridized carbons (Fsp3) is 0.400. The number of ether oxygens (including phenoxy) is 1. The second kappa shape index (κ2) is 3.42. The third-order valence-electron chi connectivity index (χ3n) is 2.28. The highest BCUT2D eigenvalue weighted by Gasteiger charge is 2.41. The maximum Gasteiger partial charge on any atom is 0.446 e. The van der Waals surface area contributed by atoms with Gasteiger partial charge in [0, 0.05) is 4.90 Å². The van der Waals surface area contributed by atoms with Crippen LogP contribution in [0.15, 0.2) is 29.2 Å². The van der Waals surface area contributed by atoms with Gasteiger partial charge in [0.05, 0.1) is 6.61 Å². The van der Waals surface area contributed by atoms with Crippen LogP contribution < -0.4 is 0 Å². The van der Waals surface area contributed by atoms with E-state index in [1.807, 2.05) is 6.92 Å². The largest absolute Gasteiger partial charge is 0.446 e. The molecule has 1 atom stereocenters. The normalized spacial score (nSPS) is 25.3. The molecule has 15 heavy (non-hydrogen) atoms. The van der Waals surface area contributed by atoms with Crippen LogP contribution in [0, 0.1) is 0 Å². The summed E-state index contributed by atoms with van der Waals surface area (Å²) in [5, 5.41) is 0. The molecule has 1 fully saturated rings. The molecule has 1 saturated heterocycles. The first-order chi connectivity index (χ1) is 6.89. The van der Waals surface area contributed by atoms with Crippen molar-refractivity contribution < 1.29 is 17.9 Å². The quantitative estimate of drug-likeness (QED) is 0.573. The van der Waals surface area contributed by atoms with Gasteiger partial charge in [0.2, 0.25) is 0 Å². The van der Waals surface area contributed by atoms with Crippen LogP contribution in [0.3, 0.4) is 0 Å². The van der Waals surface area contributed by atoms with Crippen molar-refractivity contribution >= 4 is 11.8 Å². The number of hydrogen-bond donors (Lipinski definition) is 0. The summed E-state index contributed by atoms with van der Waals surface area (Å²) < 4.78 is 41.3. The molecule has 0 N–H and O–H groups in total. The van der Waals surface area contributed by atoms with Gasteiger partial charge in [-0.3, -0.25) is 0 Å². The summed E-state index contributed by atoms with van der Waals surface area (Å²) in [6.45, 7) is 2.55. The molecule has 0 bridgehead atoms. The summed E-state index contributed by atoms with van der Waals surface area (Å²) >= 11 is -0.100. The molecule has 1 heterocycles. The Morgan fingerprint density at radius 1 is 1.27 bits per heavy atom. The Morgan fingerprint density at radius 3 is 2.20 bits per heavy atom. The van der Waals surface area contributed by atoms with Gasteiger partial charge in [0.1, 0.15) is 5.60 Å². The Bertz CT molecular complexity index is 354. The van der Waals surface area contributed by atoms with E-state index < -0.39 is 5.51 Å². The average molecular weight is 234 g/mol. The van der Waals surface area contributed by atoms with Crippen LogP contribution in [0.1, 0.15) is 12.5 Å². The highest BCUT2D eigenvalue weighted by molar-refractivity contribution is 8.00. The Labute approximate surface area is 89.6 Å². The number of benzene rings is 1. The standard InChI is InChI=1S/C10H9F3OS/c1-9(6-14-9)7-2-4-8(5-3-7)15-10(11,12)13/h2-5H,6H2,1H3. The van der Waals surface area contributed by atoms with Gasteiger partial charge in [-0.05, 0) is 36.4 Å². The lowest BCUT2D eigenvalue weighted by Crippen LogP contribution is -2.02. The Morgan fingerprint density at radius 2 is 1.80 bits per heavy atom. The monoisotopic (exact) mass is 234 g/mol. The van der Waals surface area contributed by atoms with Crippen LogP contribution in [0.2, 0.25) is 0 Å². The van der Waals surface area contributed by atoms with Crippen molar-refractivity contribution in [2.24, 2.45) is 0 Å². The SMILES string of the molecule is CC1(c2ccc(SC(F)(F)F)cc2)CO1. The summed E-state index contributed by atoms with van der Waals surface area (Å²) in [7, 11) is 0. The Hall–Kier alpha value is -0.680. The zero-order chi connectivity index (χ0) is 11.1. The van der Waals surface area contributed by atoms with Crippen LogP contribution in [0.5, 0.6) is 0 Å². The van der Waals surface area contributed by atoms with Crippen molar-refractivity contribution in [1.82, 2.24) is 0 Å². The molecule has 1 unspecified atom stereocenters. The predicted molar refractivity (Wildman–Crippen MR) is 51.7 cm³/mol. The van der Waals surface area contributed by atoms with Crippen LogP contribution in [-0.2, 0) is 10.3 Å². The zero-order valence-electron chi connectivity index (χ0n) is 7.97. The van der Waals surface area contributed by atoms with E-state index in [2.05, 4.69) is 0 Å². The number of epoxide rings is 1. The van der Waals surface area contributed by atoms with E-state index in [0.717, 1.165) is 5.56 Å². The van der Waals surface area contributed by atoms with Gasteiger partial charge in [0.15, 0.2) is 0 Å². The highest BCUT2D eigenvalue weighted by atomic mass is 32.2. The summed E-state index contributed by atoms with van der Waals surface area (Å²) in [6, 6.07) is 6.31. The molecule has 0 radical (unpaired) electrons. The highest BCUT2D eigenvalue weighted by Crippen LogP contribution is 2.40. The maximum atomic E-state index is 12.0. The van der Waals surface area contributed by atoms with Gasteiger partial charge >= 0.3 is 5.51 Å². The van der Waals surface area contributed by atoms with E-state index in [0.29, 0.717) is 6.61 Å². The van der Waals surface area contributed by atoms with Crippen molar-refractivity contribution in [3.05, 3.63) is 29.8 Å². The molecular weight excluding hydrogens is 225 g/mol. The number of alkyl halides is 3. The van der Waals surface area contributed by atoms with Crippen molar-refractivity contribution in [3.8, 4) is 0 Å². The van der Waals surface area contributed by atoms with E-state index >= 15 is 0 Å². The third-order valence-corrected chi connectivity index (χ3v) is 3.02. The minimum Gasteiger partial charge on any atom is -0.365 e. The molecule has 1 aromatic rings. The van der Waals surface area contributed by atoms with Crippen LogP contribution in [0.25, 0.3) is 0 Å². The second-order valence-electron chi connectivity index (χ2n) is 3.59. The van der Waals surface area contributed by atoms with Gasteiger partial charge in [-0.2, -0.15) is 13.2 Å². The van der Waals surface area contributed by atoms with Crippen molar-refractivity contribution in [2.45, 2.75) is 22.9 Å². The molecule has 0 spiro atoms. The second-order valence-corrected chi connectivity index (χ2v) is 4.73. The van der Waals surface area contributed by atoms with E-state index in [1.54, 1.807) is 12.1 Å². The number of thioether (sulfide) groups is 1. The maximum absolute atomic E-state index is 12.0. The van der Waals surface area contributed by atoms with Crippen molar-refractivity contribution in [2.75, 3.05) is 6.61 Å². The molecule has 0 aliphatic carbocycles. The minimum atomic E-state index is -4.22. The Kier molecular flexibility index (Phi) is 2.47. The van der Waals surface area contributed by atoms with Gasteiger partial charge < -0.3 is 4.74 Å².